The van der Waals surface area contributed by atoms with Crippen molar-refractivity contribution < 1.29 is 4.79 Å². The van der Waals surface area contributed by atoms with Gasteiger partial charge in [-0.3, -0.25) is 9.69 Å². The van der Waals surface area contributed by atoms with E-state index in [0.29, 0.717) is 29.8 Å². The second-order valence-corrected chi connectivity index (χ2v) is 9.69. The van der Waals surface area contributed by atoms with Gasteiger partial charge in [0, 0.05) is 29.9 Å². The van der Waals surface area contributed by atoms with E-state index in [4.69, 9.17) is 5.73 Å². The van der Waals surface area contributed by atoms with Crippen LogP contribution in [0.4, 0.5) is 0 Å². The van der Waals surface area contributed by atoms with E-state index in [1.54, 1.807) is 11.3 Å². The summed E-state index contributed by atoms with van der Waals surface area (Å²) in [6.45, 7) is 4.97. The SMILES string of the molecule is Cc1nc(CN2CCC(C(=O)NC3C4CCCC3CC(N)C4)CC2)cs1.Cl.Cl. The highest BCUT2D eigenvalue weighted by Crippen LogP contribution is 2.40. The largest absolute Gasteiger partial charge is 0.353 e. The monoisotopic (exact) mass is 448 g/mol. The number of nitrogens with one attached hydrogen (secondary N) is 1. The Morgan fingerprint density at radius 1 is 1.21 bits per heavy atom. The van der Waals surface area contributed by atoms with Crippen LogP contribution in [0.5, 0.6) is 0 Å². The Morgan fingerprint density at radius 3 is 2.43 bits per heavy atom. The Hall–Kier alpha value is -0.400. The van der Waals surface area contributed by atoms with Gasteiger partial charge in [-0.2, -0.15) is 0 Å². The molecule has 2 unspecified atom stereocenters. The lowest BCUT2D eigenvalue weighted by molar-refractivity contribution is -0.128. The minimum Gasteiger partial charge on any atom is -0.353 e. The number of aryl methyl sites for hydroxylation is 1. The Kier molecular flexibility index (Phi) is 9.02. The van der Waals surface area contributed by atoms with Crippen molar-refractivity contribution in [3.63, 3.8) is 0 Å². The fourth-order valence-electron chi connectivity index (χ4n) is 5.37. The van der Waals surface area contributed by atoms with Gasteiger partial charge in [-0.15, -0.1) is 36.2 Å². The first-order valence-electron chi connectivity index (χ1n) is 10.3. The van der Waals surface area contributed by atoms with E-state index in [-0.39, 0.29) is 30.7 Å². The summed E-state index contributed by atoms with van der Waals surface area (Å²) in [4.78, 5) is 19.9. The van der Waals surface area contributed by atoms with Gasteiger partial charge in [0.1, 0.15) is 0 Å². The molecule has 0 spiro atoms. The molecule has 1 aromatic rings. The smallest absolute Gasteiger partial charge is 0.223 e. The van der Waals surface area contributed by atoms with Crippen molar-refractivity contribution in [1.82, 2.24) is 15.2 Å². The number of likely N-dealkylation sites (tertiary alicyclic amines) is 1. The Balaban J connectivity index is 0.00000140. The molecule has 3 aliphatic rings. The molecule has 1 aromatic heterocycles. The van der Waals surface area contributed by atoms with Gasteiger partial charge in [-0.1, -0.05) is 6.42 Å². The van der Waals surface area contributed by atoms with Crippen LogP contribution in [0.3, 0.4) is 0 Å². The van der Waals surface area contributed by atoms with E-state index < -0.39 is 0 Å². The molecule has 2 heterocycles. The molecule has 28 heavy (non-hydrogen) atoms. The average Bonchev–Trinajstić information content (AvgIpc) is 3.01. The fraction of sp³-hybridized carbons (Fsp3) is 0.800. The number of fused-ring (bicyclic) bond motifs is 2. The quantitative estimate of drug-likeness (QED) is 0.738. The summed E-state index contributed by atoms with van der Waals surface area (Å²) in [6, 6.07) is 0.725. The molecule has 3 N–H and O–H groups in total. The van der Waals surface area contributed by atoms with Crippen LogP contribution < -0.4 is 11.1 Å². The normalized spacial score (nSPS) is 30.8. The molecular formula is C20H34Cl2N4OS. The van der Waals surface area contributed by atoms with Gasteiger partial charge in [0.05, 0.1) is 10.7 Å². The van der Waals surface area contributed by atoms with Crippen molar-refractivity contribution in [2.75, 3.05) is 13.1 Å². The number of carbonyl (C=O) groups is 1. The van der Waals surface area contributed by atoms with Crippen LogP contribution in [0.15, 0.2) is 5.38 Å². The van der Waals surface area contributed by atoms with Crippen LogP contribution in [0.25, 0.3) is 0 Å². The van der Waals surface area contributed by atoms with E-state index in [2.05, 4.69) is 27.5 Å². The zero-order chi connectivity index (χ0) is 18.1. The van der Waals surface area contributed by atoms with Gasteiger partial charge in [0.25, 0.3) is 0 Å². The second-order valence-electron chi connectivity index (χ2n) is 8.63. The predicted octanol–water partition coefficient (Wildman–Crippen LogP) is 3.53. The Bertz CT molecular complexity index is 621. The molecule has 2 saturated carbocycles. The zero-order valence-corrected chi connectivity index (χ0v) is 19.1. The topological polar surface area (TPSA) is 71.2 Å². The molecule has 0 aromatic carbocycles. The van der Waals surface area contributed by atoms with Crippen molar-refractivity contribution in [3.05, 3.63) is 16.1 Å². The third-order valence-corrected chi connectivity index (χ3v) is 7.52. The highest BCUT2D eigenvalue weighted by atomic mass is 35.5. The molecule has 5 nitrogen and oxygen atoms in total. The number of hydrogen-bond donors (Lipinski definition) is 2. The van der Waals surface area contributed by atoms with Crippen molar-refractivity contribution >= 4 is 42.1 Å². The second kappa shape index (κ2) is 10.6. The first kappa shape index (κ1) is 23.9. The number of nitrogens with zero attached hydrogens (tertiary/aromatic N) is 2. The number of aromatic nitrogens is 1. The highest BCUT2D eigenvalue weighted by molar-refractivity contribution is 7.09. The van der Waals surface area contributed by atoms with Gasteiger partial charge in [0.15, 0.2) is 0 Å². The number of halogens is 2. The van der Waals surface area contributed by atoms with E-state index in [1.807, 2.05) is 0 Å². The van der Waals surface area contributed by atoms with Gasteiger partial charge in [-0.25, -0.2) is 4.98 Å². The van der Waals surface area contributed by atoms with Gasteiger partial charge in [0.2, 0.25) is 5.91 Å². The summed E-state index contributed by atoms with van der Waals surface area (Å²) < 4.78 is 0. The third kappa shape index (κ3) is 5.60. The number of nitrogens with two attached hydrogens (primary N) is 1. The Labute approximate surface area is 185 Å². The van der Waals surface area contributed by atoms with Gasteiger partial charge in [-0.05, 0) is 70.4 Å². The summed E-state index contributed by atoms with van der Waals surface area (Å²) >= 11 is 1.72. The molecule has 1 saturated heterocycles. The predicted molar refractivity (Wildman–Crippen MR) is 119 cm³/mol. The Morgan fingerprint density at radius 2 is 1.86 bits per heavy atom. The number of amides is 1. The summed E-state index contributed by atoms with van der Waals surface area (Å²) in [7, 11) is 0. The summed E-state index contributed by atoms with van der Waals surface area (Å²) in [5, 5.41) is 6.74. The number of hydrogen-bond acceptors (Lipinski definition) is 5. The number of piperidine rings is 1. The van der Waals surface area contributed by atoms with Crippen LogP contribution in [-0.4, -0.2) is 41.0 Å². The maximum absolute atomic E-state index is 12.9. The van der Waals surface area contributed by atoms with Crippen molar-refractivity contribution in [3.8, 4) is 0 Å². The first-order valence-corrected chi connectivity index (χ1v) is 11.2. The maximum Gasteiger partial charge on any atom is 0.223 e. The highest BCUT2D eigenvalue weighted by Gasteiger charge is 2.40. The van der Waals surface area contributed by atoms with Crippen LogP contribution in [0, 0.1) is 24.7 Å². The molecule has 2 aliphatic carbocycles. The number of thiazole rings is 1. The molecule has 160 valence electrons. The lowest BCUT2D eigenvalue weighted by Crippen LogP contribution is -2.55. The molecular weight excluding hydrogens is 415 g/mol. The zero-order valence-electron chi connectivity index (χ0n) is 16.6. The number of carbonyl (C=O) groups excluding carboxylic acids is 1. The van der Waals surface area contributed by atoms with Crippen molar-refractivity contribution in [2.24, 2.45) is 23.5 Å². The van der Waals surface area contributed by atoms with Crippen LogP contribution in [0.1, 0.15) is 55.6 Å². The standard InChI is InChI=1S/C20H32N4OS.2ClH/c1-13-22-18(12-26-13)11-24-7-5-14(6-8-24)20(25)23-19-15-3-2-4-16(19)10-17(21)9-15;;/h12,14-17,19H,2-11,21H2,1H3,(H,23,25);2*1H. The molecule has 2 bridgehead atoms. The molecule has 3 fully saturated rings. The van der Waals surface area contributed by atoms with Crippen LogP contribution in [-0.2, 0) is 11.3 Å². The maximum atomic E-state index is 12.9. The number of rotatable bonds is 4. The van der Waals surface area contributed by atoms with E-state index in [1.165, 1.54) is 25.0 Å². The third-order valence-electron chi connectivity index (χ3n) is 6.70. The van der Waals surface area contributed by atoms with E-state index >= 15 is 0 Å². The van der Waals surface area contributed by atoms with E-state index in [9.17, 15) is 4.79 Å². The fourth-order valence-corrected chi connectivity index (χ4v) is 5.97. The molecule has 0 radical (unpaired) electrons. The molecule has 4 rings (SSSR count). The van der Waals surface area contributed by atoms with E-state index in [0.717, 1.165) is 50.3 Å². The minimum absolute atomic E-state index is 0. The van der Waals surface area contributed by atoms with Crippen LogP contribution in [0.2, 0.25) is 0 Å². The van der Waals surface area contributed by atoms with Gasteiger partial charge >= 0.3 is 0 Å². The van der Waals surface area contributed by atoms with Crippen molar-refractivity contribution in [1.29, 1.82) is 0 Å². The molecule has 8 heteroatoms. The van der Waals surface area contributed by atoms with Crippen molar-refractivity contribution in [2.45, 2.75) is 70.5 Å². The first-order chi connectivity index (χ1) is 12.6. The molecule has 1 aliphatic heterocycles. The summed E-state index contributed by atoms with van der Waals surface area (Å²) in [5.41, 5.74) is 7.39. The van der Waals surface area contributed by atoms with Gasteiger partial charge < -0.3 is 11.1 Å². The molecule has 2 atom stereocenters. The summed E-state index contributed by atoms with van der Waals surface area (Å²) in [5.74, 6) is 1.69. The molecule has 1 amide bonds. The summed E-state index contributed by atoms with van der Waals surface area (Å²) in [6.07, 6.45) is 7.90. The average molecular weight is 449 g/mol. The lowest BCUT2D eigenvalue weighted by Gasteiger charge is -2.45. The lowest BCUT2D eigenvalue weighted by atomic mass is 9.67. The van der Waals surface area contributed by atoms with Crippen LogP contribution >= 0.6 is 36.2 Å². The minimum atomic E-state index is 0.